The molecule has 0 fully saturated rings. The van der Waals surface area contributed by atoms with Crippen molar-refractivity contribution in [3.63, 3.8) is 0 Å². The minimum absolute atomic E-state index is 0.143. The van der Waals surface area contributed by atoms with Crippen LogP contribution in [0, 0.1) is 5.82 Å². The quantitative estimate of drug-likeness (QED) is 0.792. The number of hydrogen-bond donors (Lipinski definition) is 3. The predicted octanol–water partition coefficient (Wildman–Crippen LogP) is 2.57. The van der Waals surface area contributed by atoms with E-state index in [0.717, 1.165) is 5.56 Å². The van der Waals surface area contributed by atoms with Crippen LogP contribution in [0.4, 0.5) is 9.18 Å². The SMILES string of the molecule is O=C(NCCc1cccc(O)c1)NCc1ccccc1F. The van der Waals surface area contributed by atoms with E-state index in [9.17, 15) is 14.3 Å². The summed E-state index contributed by atoms with van der Waals surface area (Å²) in [6, 6.07) is 12.8. The second kappa shape index (κ2) is 7.28. The highest BCUT2D eigenvalue weighted by atomic mass is 19.1. The summed E-state index contributed by atoms with van der Waals surface area (Å²) in [5, 5.41) is 14.6. The van der Waals surface area contributed by atoms with Crippen molar-refractivity contribution in [1.82, 2.24) is 10.6 Å². The molecule has 0 bridgehead atoms. The number of nitrogens with one attached hydrogen (secondary N) is 2. The Bertz CT molecular complexity index is 617. The summed E-state index contributed by atoms with van der Waals surface area (Å²) in [6.45, 7) is 0.581. The van der Waals surface area contributed by atoms with Crippen molar-refractivity contribution in [3.8, 4) is 5.75 Å². The minimum atomic E-state index is -0.349. The predicted molar refractivity (Wildman–Crippen MR) is 78.4 cm³/mol. The molecule has 2 amide bonds. The summed E-state index contributed by atoms with van der Waals surface area (Å²) in [7, 11) is 0. The number of carbonyl (C=O) groups is 1. The summed E-state index contributed by atoms with van der Waals surface area (Å²) < 4.78 is 13.4. The van der Waals surface area contributed by atoms with Crippen LogP contribution in [0.1, 0.15) is 11.1 Å². The Labute approximate surface area is 122 Å². The first-order valence-corrected chi connectivity index (χ1v) is 6.68. The molecule has 2 aromatic carbocycles. The lowest BCUT2D eigenvalue weighted by molar-refractivity contribution is 0.240. The number of carbonyl (C=O) groups excluding carboxylic acids is 1. The standard InChI is InChI=1S/C16H17FN2O2/c17-15-7-2-1-5-13(15)11-19-16(21)18-9-8-12-4-3-6-14(20)10-12/h1-7,10,20H,8-9,11H2,(H2,18,19,21). The number of benzene rings is 2. The van der Waals surface area contributed by atoms with E-state index >= 15 is 0 Å². The number of phenolic OH excluding ortho intramolecular Hbond substituents is 1. The summed E-state index contributed by atoms with van der Waals surface area (Å²) >= 11 is 0. The minimum Gasteiger partial charge on any atom is -0.508 e. The van der Waals surface area contributed by atoms with E-state index in [2.05, 4.69) is 10.6 Å². The maximum absolute atomic E-state index is 13.4. The smallest absolute Gasteiger partial charge is 0.315 e. The number of urea groups is 1. The van der Waals surface area contributed by atoms with Crippen LogP contribution in [0.15, 0.2) is 48.5 Å². The Morgan fingerprint density at radius 1 is 1.10 bits per heavy atom. The van der Waals surface area contributed by atoms with Gasteiger partial charge in [0, 0.05) is 18.7 Å². The summed E-state index contributed by atoms with van der Waals surface area (Å²) in [6.07, 6.45) is 0.613. The van der Waals surface area contributed by atoms with Gasteiger partial charge in [-0.1, -0.05) is 30.3 Å². The number of rotatable bonds is 5. The van der Waals surface area contributed by atoms with Crippen molar-refractivity contribution < 1.29 is 14.3 Å². The summed E-state index contributed by atoms with van der Waals surface area (Å²) in [5.41, 5.74) is 1.38. The van der Waals surface area contributed by atoms with Crippen LogP contribution in [0.25, 0.3) is 0 Å². The third-order valence-corrected chi connectivity index (χ3v) is 3.01. The molecular weight excluding hydrogens is 271 g/mol. The zero-order valence-electron chi connectivity index (χ0n) is 11.5. The molecule has 0 spiro atoms. The highest BCUT2D eigenvalue weighted by molar-refractivity contribution is 5.73. The molecule has 0 aliphatic carbocycles. The van der Waals surface area contributed by atoms with Crippen molar-refractivity contribution in [2.75, 3.05) is 6.54 Å². The lowest BCUT2D eigenvalue weighted by Gasteiger charge is -2.08. The molecule has 0 aliphatic rings. The van der Waals surface area contributed by atoms with Gasteiger partial charge in [-0.05, 0) is 30.2 Å². The van der Waals surface area contributed by atoms with E-state index in [0.29, 0.717) is 18.5 Å². The van der Waals surface area contributed by atoms with E-state index in [-0.39, 0.29) is 24.1 Å². The van der Waals surface area contributed by atoms with Gasteiger partial charge in [0.15, 0.2) is 0 Å². The number of phenols is 1. The molecule has 4 nitrogen and oxygen atoms in total. The Kier molecular flexibility index (Phi) is 5.15. The largest absolute Gasteiger partial charge is 0.508 e. The van der Waals surface area contributed by atoms with Crippen LogP contribution in [-0.4, -0.2) is 17.7 Å². The van der Waals surface area contributed by atoms with Crippen molar-refractivity contribution in [3.05, 3.63) is 65.5 Å². The fourth-order valence-electron chi connectivity index (χ4n) is 1.91. The van der Waals surface area contributed by atoms with Crippen LogP contribution in [0.3, 0.4) is 0 Å². The molecule has 0 atom stereocenters. The molecule has 5 heteroatoms. The first kappa shape index (κ1) is 14.8. The van der Waals surface area contributed by atoms with Crippen molar-refractivity contribution in [2.45, 2.75) is 13.0 Å². The monoisotopic (exact) mass is 288 g/mol. The van der Waals surface area contributed by atoms with Crippen molar-refractivity contribution >= 4 is 6.03 Å². The molecule has 0 saturated carbocycles. The van der Waals surface area contributed by atoms with Gasteiger partial charge in [-0.2, -0.15) is 0 Å². The second-order valence-electron chi connectivity index (χ2n) is 4.62. The molecule has 110 valence electrons. The average molecular weight is 288 g/mol. The fraction of sp³-hybridized carbons (Fsp3) is 0.188. The zero-order valence-corrected chi connectivity index (χ0v) is 11.5. The zero-order chi connectivity index (χ0) is 15.1. The van der Waals surface area contributed by atoms with Gasteiger partial charge in [0.2, 0.25) is 0 Å². The molecule has 2 aromatic rings. The molecule has 21 heavy (non-hydrogen) atoms. The van der Waals surface area contributed by atoms with Gasteiger partial charge >= 0.3 is 6.03 Å². The molecule has 0 saturated heterocycles. The summed E-state index contributed by atoms with van der Waals surface area (Å²) in [4.78, 5) is 11.6. The van der Waals surface area contributed by atoms with Gasteiger partial charge in [0.1, 0.15) is 11.6 Å². The molecule has 0 unspecified atom stereocenters. The van der Waals surface area contributed by atoms with Gasteiger partial charge < -0.3 is 15.7 Å². The molecule has 0 radical (unpaired) electrons. The van der Waals surface area contributed by atoms with Gasteiger partial charge in [0.25, 0.3) is 0 Å². The van der Waals surface area contributed by atoms with E-state index in [1.54, 1.807) is 36.4 Å². The highest BCUT2D eigenvalue weighted by Crippen LogP contribution is 2.10. The maximum Gasteiger partial charge on any atom is 0.315 e. The third kappa shape index (κ3) is 4.80. The Morgan fingerprint density at radius 2 is 1.90 bits per heavy atom. The molecule has 0 aromatic heterocycles. The molecule has 0 aliphatic heterocycles. The number of hydrogen-bond acceptors (Lipinski definition) is 2. The van der Waals surface area contributed by atoms with E-state index in [1.807, 2.05) is 6.07 Å². The third-order valence-electron chi connectivity index (χ3n) is 3.01. The van der Waals surface area contributed by atoms with Crippen LogP contribution in [0.5, 0.6) is 5.75 Å². The Hall–Kier alpha value is -2.56. The van der Waals surface area contributed by atoms with E-state index in [1.165, 1.54) is 6.07 Å². The number of halogens is 1. The van der Waals surface area contributed by atoms with Crippen LogP contribution in [0.2, 0.25) is 0 Å². The van der Waals surface area contributed by atoms with Gasteiger partial charge in [-0.15, -0.1) is 0 Å². The van der Waals surface area contributed by atoms with Crippen molar-refractivity contribution in [2.24, 2.45) is 0 Å². The maximum atomic E-state index is 13.4. The summed E-state index contributed by atoms with van der Waals surface area (Å²) in [5.74, 6) is -0.130. The van der Waals surface area contributed by atoms with Gasteiger partial charge in [0.05, 0.1) is 0 Å². The van der Waals surface area contributed by atoms with Crippen LogP contribution >= 0.6 is 0 Å². The lowest BCUT2D eigenvalue weighted by Crippen LogP contribution is -2.36. The second-order valence-corrected chi connectivity index (χ2v) is 4.62. The van der Waals surface area contributed by atoms with E-state index < -0.39 is 0 Å². The average Bonchev–Trinajstić information content (AvgIpc) is 2.46. The first-order chi connectivity index (χ1) is 10.1. The topological polar surface area (TPSA) is 61.4 Å². The molecule has 0 heterocycles. The van der Waals surface area contributed by atoms with Crippen LogP contribution in [-0.2, 0) is 13.0 Å². The van der Waals surface area contributed by atoms with Crippen molar-refractivity contribution in [1.29, 1.82) is 0 Å². The number of aromatic hydroxyl groups is 1. The molecule has 2 rings (SSSR count). The highest BCUT2D eigenvalue weighted by Gasteiger charge is 2.03. The normalized spacial score (nSPS) is 10.1. The molecule has 3 N–H and O–H groups in total. The molecular formula is C16H17FN2O2. The lowest BCUT2D eigenvalue weighted by atomic mass is 10.1. The van der Waals surface area contributed by atoms with Gasteiger partial charge in [-0.25, -0.2) is 9.18 Å². The Morgan fingerprint density at radius 3 is 2.67 bits per heavy atom. The van der Waals surface area contributed by atoms with Gasteiger partial charge in [-0.3, -0.25) is 0 Å². The Balaban J connectivity index is 1.72. The fourth-order valence-corrected chi connectivity index (χ4v) is 1.91. The first-order valence-electron chi connectivity index (χ1n) is 6.68. The number of amides is 2. The van der Waals surface area contributed by atoms with Crippen LogP contribution < -0.4 is 10.6 Å². The van der Waals surface area contributed by atoms with E-state index in [4.69, 9.17) is 0 Å².